The van der Waals surface area contributed by atoms with E-state index < -0.39 is 27.3 Å². The van der Waals surface area contributed by atoms with Gasteiger partial charge < -0.3 is 5.11 Å². The molecule has 3 aromatic rings. The van der Waals surface area contributed by atoms with E-state index in [-0.39, 0.29) is 16.2 Å². The van der Waals surface area contributed by atoms with E-state index in [4.69, 9.17) is 0 Å². The first kappa shape index (κ1) is 20.7. The summed E-state index contributed by atoms with van der Waals surface area (Å²) in [6, 6.07) is 17.5. The minimum atomic E-state index is -4.55. The highest BCUT2D eigenvalue weighted by Crippen LogP contribution is 2.31. The van der Waals surface area contributed by atoms with E-state index in [1.54, 1.807) is 18.2 Å². The average Bonchev–Trinajstić information content (AvgIpc) is 2.67. The van der Waals surface area contributed by atoms with Crippen molar-refractivity contribution in [3.63, 3.8) is 0 Å². The van der Waals surface area contributed by atoms with Gasteiger partial charge in [0.25, 0.3) is 0 Å². The Morgan fingerprint density at radius 3 is 2.07 bits per heavy atom. The highest BCUT2D eigenvalue weighted by atomic mass is 32.2. The predicted octanol–water partition coefficient (Wildman–Crippen LogP) is 5.88. The number of sulfone groups is 1. The molecule has 0 fully saturated rings. The Bertz CT molecular complexity index is 1130. The third-order valence-electron chi connectivity index (χ3n) is 4.41. The second kappa shape index (κ2) is 7.75. The van der Waals surface area contributed by atoms with Crippen molar-refractivity contribution in [1.29, 1.82) is 0 Å². The molecule has 0 aliphatic heterocycles. The molecule has 150 valence electrons. The maximum Gasteiger partial charge on any atom is 0.416 e. The van der Waals surface area contributed by atoms with Crippen LogP contribution >= 0.6 is 0 Å². The van der Waals surface area contributed by atoms with Gasteiger partial charge in [-0.25, -0.2) is 8.42 Å². The molecule has 3 rings (SSSR count). The summed E-state index contributed by atoms with van der Waals surface area (Å²) < 4.78 is 63.8. The summed E-state index contributed by atoms with van der Waals surface area (Å²) in [4.78, 5) is -0.231. The molecule has 0 aromatic heterocycles. The predicted molar refractivity (Wildman–Crippen MR) is 106 cm³/mol. The standard InChI is InChI=1S/C22H17F3O3S/c1-15(26)21-12-7-17(16-5-3-2-4-6-16)13-18(21)14-29(27,28)20-10-8-19(9-11-20)22(23,24)25/h2-13,26H,1,14H2. The molecule has 3 aromatic carbocycles. The number of aliphatic hydroxyl groups is 1. The molecule has 0 heterocycles. The molecule has 0 saturated carbocycles. The zero-order valence-electron chi connectivity index (χ0n) is 15.1. The number of rotatable bonds is 5. The summed E-state index contributed by atoms with van der Waals surface area (Å²) in [5.74, 6) is -0.782. The molecule has 0 radical (unpaired) electrons. The van der Waals surface area contributed by atoms with E-state index in [2.05, 4.69) is 6.58 Å². The summed E-state index contributed by atoms with van der Waals surface area (Å²) in [6.07, 6.45) is -4.55. The smallest absolute Gasteiger partial charge is 0.416 e. The zero-order valence-corrected chi connectivity index (χ0v) is 16.0. The van der Waals surface area contributed by atoms with Crippen molar-refractivity contribution in [3.8, 4) is 11.1 Å². The third-order valence-corrected chi connectivity index (χ3v) is 6.09. The second-order valence-electron chi connectivity index (χ2n) is 6.47. The monoisotopic (exact) mass is 418 g/mol. The lowest BCUT2D eigenvalue weighted by Gasteiger charge is -2.13. The third kappa shape index (κ3) is 4.68. The van der Waals surface area contributed by atoms with Crippen LogP contribution in [0.4, 0.5) is 13.2 Å². The van der Waals surface area contributed by atoms with Gasteiger partial charge in [0.05, 0.1) is 16.2 Å². The molecule has 0 atom stereocenters. The van der Waals surface area contributed by atoms with E-state index in [1.807, 2.05) is 30.3 Å². The van der Waals surface area contributed by atoms with Crippen LogP contribution in [0.2, 0.25) is 0 Å². The molecule has 0 aliphatic rings. The van der Waals surface area contributed by atoms with Crippen molar-refractivity contribution in [2.75, 3.05) is 0 Å². The van der Waals surface area contributed by atoms with Crippen molar-refractivity contribution >= 4 is 15.6 Å². The van der Waals surface area contributed by atoms with Gasteiger partial charge in [-0.1, -0.05) is 49.0 Å². The Morgan fingerprint density at radius 2 is 1.52 bits per heavy atom. The lowest BCUT2D eigenvalue weighted by molar-refractivity contribution is -0.137. The molecule has 29 heavy (non-hydrogen) atoms. The first-order valence-electron chi connectivity index (χ1n) is 8.54. The lowest BCUT2D eigenvalue weighted by Crippen LogP contribution is -2.09. The maximum absolute atomic E-state index is 12.8. The quantitative estimate of drug-likeness (QED) is 0.527. The topological polar surface area (TPSA) is 54.4 Å². The van der Waals surface area contributed by atoms with E-state index in [0.29, 0.717) is 5.56 Å². The van der Waals surface area contributed by atoms with Crippen LogP contribution in [0.5, 0.6) is 0 Å². The summed E-state index contributed by atoms with van der Waals surface area (Å²) in [5.41, 5.74) is 1.25. The molecular weight excluding hydrogens is 401 g/mol. The first-order chi connectivity index (χ1) is 13.6. The molecule has 3 nitrogen and oxygen atoms in total. The highest BCUT2D eigenvalue weighted by Gasteiger charge is 2.30. The van der Waals surface area contributed by atoms with Crippen molar-refractivity contribution in [1.82, 2.24) is 0 Å². The Labute approximate surface area is 166 Å². The van der Waals surface area contributed by atoms with E-state index in [0.717, 1.165) is 35.4 Å². The summed E-state index contributed by atoms with van der Waals surface area (Å²) in [6.45, 7) is 3.47. The molecule has 0 saturated heterocycles. The van der Waals surface area contributed by atoms with Crippen molar-refractivity contribution in [2.45, 2.75) is 16.8 Å². The number of aliphatic hydroxyl groups excluding tert-OH is 1. The average molecular weight is 418 g/mol. The minimum absolute atomic E-state index is 0.231. The minimum Gasteiger partial charge on any atom is -0.508 e. The SMILES string of the molecule is C=C(O)c1ccc(-c2ccccc2)cc1CS(=O)(=O)c1ccc(C(F)(F)F)cc1. The lowest BCUT2D eigenvalue weighted by atomic mass is 9.99. The Balaban J connectivity index is 2.00. The molecule has 0 bridgehead atoms. The van der Waals surface area contributed by atoms with Gasteiger partial charge in [-0.3, -0.25) is 0 Å². The van der Waals surface area contributed by atoms with Gasteiger partial charge in [0, 0.05) is 5.56 Å². The van der Waals surface area contributed by atoms with Crippen LogP contribution in [-0.2, 0) is 21.8 Å². The Kier molecular flexibility index (Phi) is 5.53. The fraction of sp³-hybridized carbons (Fsp3) is 0.0909. The zero-order chi connectivity index (χ0) is 21.2. The molecule has 0 unspecified atom stereocenters. The van der Waals surface area contributed by atoms with E-state index in [9.17, 15) is 26.7 Å². The molecule has 0 aliphatic carbocycles. The molecular formula is C22H17F3O3S. The number of hydrogen-bond donors (Lipinski definition) is 1. The van der Waals surface area contributed by atoms with E-state index in [1.165, 1.54) is 0 Å². The van der Waals surface area contributed by atoms with Crippen LogP contribution in [0, 0.1) is 0 Å². The number of alkyl halides is 3. The number of halogens is 3. The van der Waals surface area contributed by atoms with Crippen LogP contribution in [0.25, 0.3) is 16.9 Å². The molecule has 7 heteroatoms. The largest absolute Gasteiger partial charge is 0.508 e. The van der Waals surface area contributed by atoms with Crippen LogP contribution in [0.15, 0.2) is 84.3 Å². The van der Waals surface area contributed by atoms with Gasteiger partial charge in [0.1, 0.15) is 5.76 Å². The maximum atomic E-state index is 12.8. The van der Waals surface area contributed by atoms with Gasteiger partial charge in [-0.15, -0.1) is 0 Å². The fourth-order valence-electron chi connectivity index (χ4n) is 2.94. The van der Waals surface area contributed by atoms with Crippen LogP contribution in [0.3, 0.4) is 0 Å². The molecule has 1 N–H and O–H groups in total. The van der Waals surface area contributed by atoms with Gasteiger partial charge >= 0.3 is 6.18 Å². The Morgan fingerprint density at radius 1 is 0.897 bits per heavy atom. The molecule has 0 spiro atoms. The first-order valence-corrected chi connectivity index (χ1v) is 10.2. The van der Waals surface area contributed by atoms with Crippen molar-refractivity contribution in [2.24, 2.45) is 0 Å². The highest BCUT2D eigenvalue weighted by molar-refractivity contribution is 7.90. The van der Waals surface area contributed by atoms with Crippen molar-refractivity contribution in [3.05, 3.63) is 96.1 Å². The van der Waals surface area contributed by atoms with Gasteiger partial charge in [-0.05, 0) is 47.0 Å². The summed E-state index contributed by atoms with van der Waals surface area (Å²) >= 11 is 0. The summed E-state index contributed by atoms with van der Waals surface area (Å²) in [5, 5.41) is 9.85. The number of benzene rings is 3. The van der Waals surface area contributed by atoms with Gasteiger partial charge in [0.15, 0.2) is 9.84 Å². The van der Waals surface area contributed by atoms with Gasteiger partial charge in [0.2, 0.25) is 0 Å². The fourth-order valence-corrected chi connectivity index (χ4v) is 4.31. The van der Waals surface area contributed by atoms with E-state index >= 15 is 0 Å². The summed E-state index contributed by atoms with van der Waals surface area (Å²) in [7, 11) is -3.95. The van der Waals surface area contributed by atoms with Crippen LogP contribution in [0.1, 0.15) is 16.7 Å². The van der Waals surface area contributed by atoms with Crippen LogP contribution in [-0.4, -0.2) is 13.5 Å². The normalized spacial score (nSPS) is 12.0. The van der Waals surface area contributed by atoms with Crippen molar-refractivity contribution < 1.29 is 26.7 Å². The van der Waals surface area contributed by atoms with Crippen LogP contribution < -0.4 is 0 Å². The number of hydrogen-bond acceptors (Lipinski definition) is 3. The Hall–Kier alpha value is -3.06. The molecule has 0 amide bonds. The van der Waals surface area contributed by atoms with Gasteiger partial charge in [-0.2, -0.15) is 13.2 Å². The second-order valence-corrected chi connectivity index (χ2v) is 8.46.